The van der Waals surface area contributed by atoms with Crippen molar-refractivity contribution in [3.05, 3.63) is 10.6 Å². The molecule has 0 bridgehead atoms. The minimum absolute atomic E-state index is 0.179. The van der Waals surface area contributed by atoms with E-state index in [1.807, 2.05) is 0 Å². The van der Waals surface area contributed by atoms with Gasteiger partial charge < -0.3 is 19.7 Å². The van der Waals surface area contributed by atoms with Gasteiger partial charge in [0.1, 0.15) is 6.10 Å². The molecule has 0 aromatic rings. The molecular formula is C28H49BrO4. The Bertz CT molecular complexity index is 526. The SMILES string of the molecule is OCCCCCCOC1C#CCCCCC1.OCCCCCCOC1CCCCCC=C1Br. The van der Waals surface area contributed by atoms with Gasteiger partial charge in [-0.15, -0.1) is 5.92 Å². The molecule has 2 rings (SSSR count). The van der Waals surface area contributed by atoms with Crippen LogP contribution in [-0.4, -0.2) is 48.8 Å². The average molecular weight is 530 g/mol. The molecule has 0 spiro atoms. The third-order valence-electron chi connectivity index (χ3n) is 6.09. The van der Waals surface area contributed by atoms with Gasteiger partial charge in [-0.1, -0.05) is 72.9 Å². The number of aliphatic hydroxyl groups excluding tert-OH is 2. The fourth-order valence-corrected chi connectivity index (χ4v) is 4.60. The number of unbranched alkanes of at least 4 members (excludes halogenated alkanes) is 6. The zero-order valence-corrected chi connectivity index (χ0v) is 22.5. The van der Waals surface area contributed by atoms with E-state index in [0.29, 0.717) is 13.2 Å². The van der Waals surface area contributed by atoms with Gasteiger partial charge >= 0.3 is 0 Å². The molecule has 0 amide bonds. The predicted molar refractivity (Wildman–Crippen MR) is 142 cm³/mol. The van der Waals surface area contributed by atoms with Crippen LogP contribution in [0.4, 0.5) is 0 Å². The molecule has 0 saturated heterocycles. The molecule has 192 valence electrons. The molecule has 0 heterocycles. The van der Waals surface area contributed by atoms with Crippen LogP contribution in [0.25, 0.3) is 0 Å². The highest BCUT2D eigenvalue weighted by atomic mass is 79.9. The van der Waals surface area contributed by atoms with Crippen molar-refractivity contribution < 1.29 is 19.7 Å². The second-order valence-electron chi connectivity index (χ2n) is 9.14. The first kappa shape index (κ1) is 30.7. The number of aliphatic hydroxyl groups is 2. The number of hydrogen-bond acceptors (Lipinski definition) is 4. The van der Waals surface area contributed by atoms with Crippen molar-refractivity contribution in [2.24, 2.45) is 0 Å². The monoisotopic (exact) mass is 528 g/mol. The number of ether oxygens (including phenoxy) is 2. The van der Waals surface area contributed by atoms with Gasteiger partial charge in [0.2, 0.25) is 0 Å². The minimum atomic E-state index is 0.179. The van der Waals surface area contributed by atoms with Gasteiger partial charge in [-0.25, -0.2) is 0 Å². The van der Waals surface area contributed by atoms with E-state index in [2.05, 4.69) is 33.8 Å². The Kier molecular flexibility index (Phi) is 21.7. The molecular weight excluding hydrogens is 480 g/mol. The largest absolute Gasteiger partial charge is 0.396 e. The third kappa shape index (κ3) is 18.6. The molecule has 2 atom stereocenters. The summed E-state index contributed by atoms with van der Waals surface area (Å²) in [6.07, 6.45) is 23.5. The number of allylic oxidation sites excluding steroid dienone is 1. The zero-order chi connectivity index (χ0) is 23.8. The van der Waals surface area contributed by atoms with Gasteiger partial charge in [0.05, 0.1) is 6.10 Å². The Morgan fingerprint density at radius 1 is 0.758 bits per heavy atom. The molecule has 0 aliphatic heterocycles. The maximum absolute atomic E-state index is 8.67. The van der Waals surface area contributed by atoms with E-state index in [4.69, 9.17) is 19.7 Å². The lowest BCUT2D eigenvalue weighted by Gasteiger charge is -2.19. The van der Waals surface area contributed by atoms with Gasteiger partial charge in [-0.05, 0) is 64.2 Å². The highest BCUT2D eigenvalue weighted by molar-refractivity contribution is 9.11. The van der Waals surface area contributed by atoms with Crippen molar-refractivity contribution >= 4 is 15.9 Å². The second kappa shape index (κ2) is 23.4. The second-order valence-corrected chi connectivity index (χ2v) is 10.1. The van der Waals surface area contributed by atoms with E-state index in [9.17, 15) is 0 Å². The maximum atomic E-state index is 8.67. The first-order chi connectivity index (χ1) is 16.3. The molecule has 4 nitrogen and oxygen atoms in total. The van der Waals surface area contributed by atoms with Crippen LogP contribution < -0.4 is 0 Å². The van der Waals surface area contributed by atoms with Crippen LogP contribution in [0.2, 0.25) is 0 Å². The van der Waals surface area contributed by atoms with Crippen LogP contribution in [0.5, 0.6) is 0 Å². The molecule has 0 saturated carbocycles. The number of halogens is 1. The number of hydrogen-bond donors (Lipinski definition) is 2. The summed E-state index contributed by atoms with van der Waals surface area (Å²) in [6, 6.07) is 0. The van der Waals surface area contributed by atoms with Gasteiger partial charge in [-0.3, -0.25) is 0 Å². The summed E-state index contributed by atoms with van der Waals surface area (Å²) in [5.41, 5.74) is 0. The summed E-state index contributed by atoms with van der Waals surface area (Å²) in [4.78, 5) is 0. The van der Waals surface area contributed by atoms with Crippen LogP contribution in [0.15, 0.2) is 10.6 Å². The minimum Gasteiger partial charge on any atom is -0.396 e. The quantitative estimate of drug-likeness (QED) is 0.187. The molecule has 0 radical (unpaired) electrons. The summed E-state index contributed by atoms with van der Waals surface area (Å²) in [5.74, 6) is 6.40. The summed E-state index contributed by atoms with van der Waals surface area (Å²) >= 11 is 3.64. The molecule has 2 N–H and O–H groups in total. The molecule has 0 aromatic heterocycles. The molecule has 0 fully saturated rings. The molecule has 0 aromatic carbocycles. The fourth-order valence-electron chi connectivity index (χ4n) is 4.01. The van der Waals surface area contributed by atoms with E-state index >= 15 is 0 Å². The lowest BCUT2D eigenvalue weighted by molar-refractivity contribution is 0.0714. The van der Waals surface area contributed by atoms with Crippen molar-refractivity contribution in [1.82, 2.24) is 0 Å². The summed E-state index contributed by atoms with van der Waals surface area (Å²) in [6.45, 7) is 2.30. The van der Waals surface area contributed by atoms with Crippen LogP contribution in [-0.2, 0) is 9.47 Å². The van der Waals surface area contributed by atoms with Gasteiger partial charge in [0, 0.05) is 37.3 Å². The van der Waals surface area contributed by atoms with Crippen LogP contribution >= 0.6 is 15.9 Å². The summed E-state index contributed by atoms with van der Waals surface area (Å²) in [5, 5.41) is 17.3. The van der Waals surface area contributed by atoms with Crippen molar-refractivity contribution in [2.75, 3.05) is 26.4 Å². The van der Waals surface area contributed by atoms with Crippen molar-refractivity contribution in [3.63, 3.8) is 0 Å². The smallest absolute Gasteiger partial charge is 0.118 e. The van der Waals surface area contributed by atoms with Crippen LogP contribution in [0.3, 0.4) is 0 Å². The van der Waals surface area contributed by atoms with Gasteiger partial charge in [0.15, 0.2) is 0 Å². The van der Waals surface area contributed by atoms with E-state index in [1.165, 1.54) is 49.4 Å². The Morgan fingerprint density at radius 2 is 1.39 bits per heavy atom. The predicted octanol–water partition coefficient (Wildman–Crippen LogP) is 7.06. The van der Waals surface area contributed by atoms with E-state index in [0.717, 1.165) is 83.8 Å². The molecule has 2 aliphatic carbocycles. The van der Waals surface area contributed by atoms with Crippen LogP contribution in [0.1, 0.15) is 116 Å². The van der Waals surface area contributed by atoms with Gasteiger partial charge in [0.25, 0.3) is 0 Å². The normalized spacial score (nSPS) is 21.2. The van der Waals surface area contributed by atoms with Crippen LogP contribution in [0, 0.1) is 11.8 Å². The Balaban J connectivity index is 0.000000331. The molecule has 5 heteroatoms. The highest BCUT2D eigenvalue weighted by Crippen LogP contribution is 2.24. The fraction of sp³-hybridized carbons (Fsp3) is 0.857. The standard InChI is InChI=1S/C14H25BrO2.C14H24O2/c15-13-9-5-1-2-6-10-14(13)17-12-8-4-3-7-11-16;15-12-8-4-5-9-13-16-14-10-6-2-1-3-7-11-14/h9,14,16H,1-8,10-12H2;14-15H,1-6,8-10,12-13H2. The molecule has 33 heavy (non-hydrogen) atoms. The number of rotatable bonds is 14. The van der Waals surface area contributed by atoms with Crippen molar-refractivity contribution in [3.8, 4) is 11.8 Å². The average Bonchev–Trinajstić information content (AvgIpc) is 2.79. The van der Waals surface area contributed by atoms with Gasteiger partial charge in [-0.2, -0.15) is 0 Å². The third-order valence-corrected chi connectivity index (χ3v) is 6.93. The van der Waals surface area contributed by atoms with Crippen molar-refractivity contribution in [1.29, 1.82) is 0 Å². The summed E-state index contributed by atoms with van der Waals surface area (Å²) in [7, 11) is 0. The Morgan fingerprint density at radius 3 is 2.12 bits per heavy atom. The Labute approximate surface area is 212 Å². The molecule has 2 aliphatic rings. The zero-order valence-electron chi connectivity index (χ0n) is 20.9. The highest BCUT2D eigenvalue weighted by Gasteiger charge is 2.14. The summed E-state index contributed by atoms with van der Waals surface area (Å²) < 4.78 is 12.9. The lowest BCUT2D eigenvalue weighted by atomic mass is 10.0. The lowest BCUT2D eigenvalue weighted by Crippen LogP contribution is -2.15. The first-order valence-electron chi connectivity index (χ1n) is 13.6. The maximum Gasteiger partial charge on any atom is 0.118 e. The Hall–Kier alpha value is -0.380. The first-order valence-corrected chi connectivity index (χ1v) is 14.4. The van der Waals surface area contributed by atoms with E-state index in [1.54, 1.807) is 0 Å². The molecule has 2 unspecified atom stereocenters. The van der Waals surface area contributed by atoms with Crippen molar-refractivity contribution in [2.45, 2.75) is 128 Å². The van der Waals surface area contributed by atoms with E-state index in [-0.39, 0.29) is 12.2 Å². The topological polar surface area (TPSA) is 58.9 Å². The van der Waals surface area contributed by atoms with E-state index < -0.39 is 0 Å².